The number of hydrogen-bond donors (Lipinski definition) is 2. The van der Waals surface area contributed by atoms with E-state index >= 15 is 0 Å². The van der Waals surface area contributed by atoms with Gasteiger partial charge in [0.15, 0.2) is 5.65 Å². The number of amides is 1. The van der Waals surface area contributed by atoms with Crippen molar-refractivity contribution in [1.29, 1.82) is 0 Å². The number of fused-ring (bicyclic) bond motifs is 1. The molecule has 7 heteroatoms. The van der Waals surface area contributed by atoms with Gasteiger partial charge in [0.05, 0.1) is 29.6 Å². The van der Waals surface area contributed by atoms with Crippen LogP contribution in [0, 0.1) is 0 Å². The van der Waals surface area contributed by atoms with Gasteiger partial charge in [0, 0.05) is 6.20 Å². The number of carbonyl (C=O) groups excluding carboxylic acids is 1. The number of H-pyrrole nitrogens is 1. The molecule has 1 amide bonds. The van der Waals surface area contributed by atoms with Gasteiger partial charge in [0.2, 0.25) is 0 Å². The number of ether oxygens (including phenoxy) is 1. The molecule has 0 unspecified atom stereocenters. The average molecular weight is 269 g/mol. The van der Waals surface area contributed by atoms with Crippen LogP contribution in [0.1, 0.15) is 19.5 Å². The van der Waals surface area contributed by atoms with Crippen LogP contribution in [-0.4, -0.2) is 27.1 Å². The molecule has 0 fully saturated rings. The molecule has 0 bridgehead atoms. The topological polar surface area (TPSA) is 79.9 Å². The second kappa shape index (κ2) is 5.22. The van der Waals surface area contributed by atoms with E-state index in [-0.39, 0.29) is 12.6 Å². The van der Waals surface area contributed by atoms with Gasteiger partial charge in [-0.3, -0.25) is 0 Å². The summed E-state index contributed by atoms with van der Waals surface area (Å²) < 4.78 is 4.94. The predicted octanol–water partition coefficient (Wildman–Crippen LogP) is 2.25. The summed E-state index contributed by atoms with van der Waals surface area (Å²) in [6.07, 6.45) is 2.56. The van der Waals surface area contributed by atoms with Gasteiger partial charge in [-0.25, -0.2) is 14.8 Å². The minimum Gasteiger partial charge on any atom is -0.447 e. The Morgan fingerprint density at radius 3 is 3.11 bits per heavy atom. The lowest BCUT2D eigenvalue weighted by molar-refractivity contribution is 0.115. The zero-order chi connectivity index (χ0) is 13.1. The van der Waals surface area contributed by atoms with Crippen molar-refractivity contribution in [2.24, 2.45) is 0 Å². The van der Waals surface area contributed by atoms with Crippen LogP contribution in [0.5, 0.6) is 0 Å². The summed E-state index contributed by atoms with van der Waals surface area (Å²) in [5.74, 6) is 0. The van der Waals surface area contributed by atoms with Crippen LogP contribution in [-0.2, 0) is 11.3 Å². The minimum absolute atomic E-state index is 0.155. The molecule has 2 aromatic heterocycles. The standard InChI is InChI=1S/C11H13ClN4O2/c1-6(2)18-11(17)15-4-7-3-13-10-9(16-7)8(12)5-14-10/h3,5-6H,4H2,1-2H3,(H,13,14)(H,15,17). The fourth-order valence-electron chi connectivity index (χ4n) is 1.40. The fraction of sp³-hybridized carbons (Fsp3) is 0.364. The van der Waals surface area contributed by atoms with Gasteiger partial charge in [-0.1, -0.05) is 11.6 Å². The Morgan fingerprint density at radius 1 is 1.61 bits per heavy atom. The second-order valence-corrected chi connectivity index (χ2v) is 4.41. The highest BCUT2D eigenvalue weighted by molar-refractivity contribution is 6.34. The molecular formula is C11H13ClN4O2. The lowest BCUT2D eigenvalue weighted by Gasteiger charge is -2.08. The molecule has 0 aromatic carbocycles. The molecule has 2 heterocycles. The molecule has 0 aliphatic heterocycles. The Kier molecular flexibility index (Phi) is 3.66. The average Bonchev–Trinajstić information content (AvgIpc) is 2.68. The Bertz CT molecular complexity index is 567. The van der Waals surface area contributed by atoms with Gasteiger partial charge in [0.1, 0.15) is 5.52 Å². The number of halogens is 1. The van der Waals surface area contributed by atoms with E-state index in [0.717, 1.165) is 0 Å². The maximum absolute atomic E-state index is 11.3. The van der Waals surface area contributed by atoms with Crippen LogP contribution in [0.15, 0.2) is 12.4 Å². The third-order valence-electron chi connectivity index (χ3n) is 2.14. The number of nitrogens with one attached hydrogen (secondary N) is 2. The summed E-state index contributed by atoms with van der Waals surface area (Å²) >= 11 is 5.93. The summed E-state index contributed by atoms with van der Waals surface area (Å²) in [5.41, 5.74) is 1.83. The first-order chi connectivity index (χ1) is 8.56. The monoisotopic (exact) mass is 268 g/mol. The van der Waals surface area contributed by atoms with Gasteiger partial charge in [-0.15, -0.1) is 0 Å². The van der Waals surface area contributed by atoms with Crippen LogP contribution in [0.25, 0.3) is 11.2 Å². The van der Waals surface area contributed by atoms with Crippen molar-refractivity contribution in [3.8, 4) is 0 Å². The molecule has 2 rings (SSSR count). The van der Waals surface area contributed by atoms with E-state index in [1.807, 2.05) is 0 Å². The molecule has 6 nitrogen and oxygen atoms in total. The summed E-state index contributed by atoms with van der Waals surface area (Å²) in [5, 5.41) is 3.09. The summed E-state index contributed by atoms with van der Waals surface area (Å²) in [7, 11) is 0. The Balaban J connectivity index is 2.03. The molecule has 0 atom stereocenters. The molecule has 0 aliphatic rings. The zero-order valence-electron chi connectivity index (χ0n) is 10.0. The first kappa shape index (κ1) is 12.6. The van der Waals surface area contributed by atoms with Gasteiger partial charge < -0.3 is 15.0 Å². The van der Waals surface area contributed by atoms with Crippen LogP contribution >= 0.6 is 11.6 Å². The van der Waals surface area contributed by atoms with Crippen molar-refractivity contribution in [2.45, 2.75) is 26.5 Å². The third kappa shape index (κ3) is 2.89. The van der Waals surface area contributed by atoms with Gasteiger partial charge in [-0.2, -0.15) is 0 Å². The van der Waals surface area contributed by atoms with Crippen LogP contribution < -0.4 is 5.32 Å². The van der Waals surface area contributed by atoms with Crippen molar-refractivity contribution >= 4 is 28.9 Å². The highest BCUT2D eigenvalue weighted by Crippen LogP contribution is 2.18. The Labute approximate surface area is 109 Å². The maximum Gasteiger partial charge on any atom is 0.407 e. The van der Waals surface area contributed by atoms with Crippen molar-refractivity contribution in [1.82, 2.24) is 20.3 Å². The summed E-state index contributed by atoms with van der Waals surface area (Å²) in [4.78, 5) is 22.6. The third-order valence-corrected chi connectivity index (χ3v) is 2.43. The number of aromatic nitrogens is 3. The predicted molar refractivity (Wildman–Crippen MR) is 67.4 cm³/mol. The number of hydrogen-bond acceptors (Lipinski definition) is 4. The maximum atomic E-state index is 11.3. The molecule has 0 radical (unpaired) electrons. The van der Waals surface area contributed by atoms with E-state index in [1.165, 1.54) is 0 Å². The summed E-state index contributed by atoms with van der Waals surface area (Å²) in [6.45, 7) is 3.81. The summed E-state index contributed by atoms with van der Waals surface area (Å²) in [6, 6.07) is 0. The van der Waals surface area contributed by atoms with Crippen LogP contribution in [0.3, 0.4) is 0 Å². The van der Waals surface area contributed by atoms with Crippen LogP contribution in [0.2, 0.25) is 5.02 Å². The molecule has 2 N–H and O–H groups in total. The van der Waals surface area contributed by atoms with Gasteiger partial charge in [0.25, 0.3) is 0 Å². The van der Waals surface area contributed by atoms with Crippen molar-refractivity contribution in [3.63, 3.8) is 0 Å². The molecule has 0 spiro atoms. The molecule has 0 saturated heterocycles. The smallest absolute Gasteiger partial charge is 0.407 e. The first-order valence-corrected chi connectivity index (χ1v) is 5.87. The van der Waals surface area contributed by atoms with E-state index in [1.54, 1.807) is 26.2 Å². The number of alkyl carbamates (subject to hydrolysis) is 1. The number of nitrogens with zero attached hydrogens (tertiary/aromatic N) is 2. The fourth-order valence-corrected chi connectivity index (χ4v) is 1.59. The Hall–Kier alpha value is -1.82. The molecule has 0 aliphatic carbocycles. The molecule has 0 saturated carbocycles. The largest absolute Gasteiger partial charge is 0.447 e. The van der Waals surface area contributed by atoms with Crippen LogP contribution in [0.4, 0.5) is 4.79 Å². The van der Waals surface area contributed by atoms with Crippen molar-refractivity contribution < 1.29 is 9.53 Å². The lowest BCUT2D eigenvalue weighted by atomic mass is 10.4. The molecule has 18 heavy (non-hydrogen) atoms. The van der Waals surface area contributed by atoms with E-state index in [0.29, 0.717) is 21.9 Å². The van der Waals surface area contributed by atoms with Crippen molar-refractivity contribution in [3.05, 3.63) is 23.1 Å². The van der Waals surface area contributed by atoms with Crippen molar-refractivity contribution in [2.75, 3.05) is 0 Å². The zero-order valence-corrected chi connectivity index (χ0v) is 10.8. The minimum atomic E-state index is -0.480. The highest BCUT2D eigenvalue weighted by atomic mass is 35.5. The van der Waals surface area contributed by atoms with E-state index < -0.39 is 6.09 Å². The van der Waals surface area contributed by atoms with Gasteiger partial charge >= 0.3 is 6.09 Å². The molecule has 2 aromatic rings. The number of aromatic amines is 1. The SMILES string of the molecule is CC(C)OC(=O)NCc1cnc2[nH]cc(Cl)c2n1. The normalized spacial score (nSPS) is 10.9. The quantitative estimate of drug-likeness (QED) is 0.895. The van der Waals surface area contributed by atoms with E-state index in [4.69, 9.17) is 16.3 Å². The van der Waals surface area contributed by atoms with E-state index in [2.05, 4.69) is 20.3 Å². The Morgan fingerprint density at radius 2 is 2.39 bits per heavy atom. The van der Waals surface area contributed by atoms with Gasteiger partial charge in [-0.05, 0) is 13.8 Å². The van der Waals surface area contributed by atoms with E-state index in [9.17, 15) is 4.79 Å². The lowest BCUT2D eigenvalue weighted by Crippen LogP contribution is -2.26. The number of rotatable bonds is 3. The first-order valence-electron chi connectivity index (χ1n) is 5.49. The number of carbonyl (C=O) groups is 1. The highest BCUT2D eigenvalue weighted by Gasteiger charge is 2.08. The molecule has 96 valence electrons. The second-order valence-electron chi connectivity index (χ2n) is 4.00. The molecular weight excluding hydrogens is 256 g/mol.